The lowest BCUT2D eigenvalue weighted by molar-refractivity contribution is 0.0341. The molecule has 4 rings (SSSR count). The van der Waals surface area contributed by atoms with Gasteiger partial charge in [-0.15, -0.1) is 0 Å². The van der Waals surface area contributed by atoms with Gasteiger partial charge in [0.2, 0.25) is 0 Å². The minimum atomic E-state index is 0.560. The third-order valence-electron chi connectivity index (χ3n) is 6.92. The maximum Gasteiger partial charge on any atom is 0.193 e. The summed E-state index contributed by atoms with van der Waals surface area (Å²) in [5.74, 6) is 1.07. The molecule has 1 aromatic rings. The van der Waals surface area contributed by atoms with Gasteiger partial charge in [-0.05, 0) is 35.8 Å². The Kier molecular flexibility index (Phi) is 6.53. The van der Waals surface area contributed by atoms with Gasteiger partial charge in [0.05, 0.1) is 13.2 Å². The summed E-state index contributed by atoms with van der Waals surface area (Å²) in [5, 5.41) is 3.66. The van der Waals surface area contributed by atoms with E-state index in [0.29, 0.717) is 5.41 Å². The van der Waals surface area contributed by atoms with E-state index in [-0.39, 0.29) is 0 Å². The molecule has 154 valence electrons. The molecule has 2 aliphatic heterocycles. The lowest BCUT2D eigenvalue weighted by Gasteiger charge is -2.33. The molecule has 5 nitrogen and oxygen atoms in total. The lowest BCUT2D eigenvalue weighted by atomic mass is 9.73. The fourth-order valence-corrected chi connectivity index (χ4v) is 5.22. The second-order valence-corrected chi connectivity index (χ2v) is 8.79. The summed E-state index contributed by atoms with van der Waals surface area (Å²) in [6.45, 7) is 7.94. The molecule has 1 N–H and O–H groups in total. The molecule has 1 aliphatic carbocycles. The van der Waals surface area contributed by atoms with Crippen LogP contribution >= 0.6 is 0 Å². The summed E-state index contributed by atoms with van der Waals surface area (Å²) in [7, 11) is 1.92. The number of morpholine rings is 1. The number of ether oxygens (including phenoxy) is 1. The fraction of sp³-hybridized carbons (Fsp3) is 0.696. The number of nitrogens with zero attached hydrogens (tertiary/aromatic N) is 3. The monoisotopic (exact) mass is 384 g/mol. The van der Waals surface area contributed by atoms with Crippen molar-refractivity contribution in [1.29, 1.82) is 0 Å². The lowest BCUT2D eigenvalue weighted by Crippen LogP contribution is -2.41. The molecule has 0 unspecified atom stereocenters. The Bertz CT molecular complexity index is 662. The summed E-state index contributed by atoms with van der Waals surface area (Å²) >= 11 is 0. The Morgan fingerprint density at radius 1 is 1.04 bits per heavy atom. The number of nitrogens with one attached hydrogen (secondary N) is 1. The quantitative estimate of drug-likeness (QED) is 0.639. The van der Waals surface area contributed by atoms with Gasteiger partial charge in [-0.1, -0.05) is 43.5 Å². The number of benzene rings is 1. The van der Waals surface area contributed by atoms with E-state index in [1.807, 2.05) is 7.05 Å². The van der Waals surface area contributed by atoms with Crippen LogP contribution in [-0.4, -0.2) is 62.2 Å². The van der Waals surface area contributed by atoms with Crippen LogP contribution in [0.2, 0.25) is 0 Å². The summed E-state index contributed by atoms with van der Waals surface area (Å²) in [6, 6.07) is 8.82. The van der Waals surface area contributed by atoms with Gasteiger partial charge in [0.25, 0.3) is 0 Å². The van der Waals surface area contributed by atoms with Crippen LogP contribution in [0.15, 0.2) is 29.3 Å². The molecular weight excluding hydrogens is 348 g/mol. The predicted octanol–water partition coefficient (Wildman–Crippen LogP) is 3.25. The van der Waals surface area contributed by atoms with Gasteiger partial charge >= 0.3 is 0 Å². The SMILES string of the molecule is CN=C(NCc1ccccc1CN1CCOCC1)N1CCC2(CCCCC2)C1. The second-order valence-electron chi connectivity index (χ2n) is 8.79. The van der Waals surface area contributed by atoms with Gasteiger partial charge in [-0.25, -0.2) is 0 Å². The van der Waals surface area contributed by atoms with Crippen molar-refractivity contribution in [2.75, 3.05) is 46.4 Å². The molecule has 1 spiro atoms. The highest BCUT2D eigenvalue weighted by Gasteiger charge is 2.39. The second kappa shape index (κ2) is 9.27. The third kappa shape index (κ3) is 4.69. The van der Waals surface area contributed by atoms with Crippen molar-refractivity contribution in [3.8, 4) is 0 Å². The average molecular weight is 385 g/mol. The molecule has 28 heavy (non-hydrogen) atoms. The van der Waals surface area contributed by atoms with Crippen molar-refractivity contribution in [2.45, 2.75) is 51.6 Å². The fourth-order valence-electron chi connectivity index (χ4n) is 5.22. The summed E-state index contributed by atoms with van der Waals surface area (Å²) in [6.07, 6.45) is 8.39. The van der Waals surface area contributed by atoms with E-state index in [2.05, 4.69) is 44.4 Å². The van der Waals surface area contributed by atoms with Crippen molar-refractivity contribution in [1.82, 2.24) is 15.1 Å². The summed E-state index contributed by atoms with van der Waals surface area (Å²) < 4.78 is 5.49. The maximum atomic E-state index is 5.49. The number of hydrogen-bond donors (Lipinski definition) is 1. The molecule has 3 aliphatic rings. The van der Waals surface area contributed by atoms with E-state index in [1.54, 1.807) is 0 Å². The van der Waals surface area contributed by atoms with Gasteiger partial charge in [0.1, 0.15) is 0 Å². The van der Waals surface area contributed by atoms with Crippen molar-refractivity contribution in [2.24, 2.45) is 10.4 Å². The predicted molar refractivity (Wildman–Crippen MR) is 114 cm³/mol. The van der Waals surface area contributed by atoms with Gasteiger partial charge in [-0.3, -0.25) is 9.89 Å². The number of hydrogen-bond acceptors (Lipinski definition) is 3. The number of rotatable bonds is 4. The first-order valence-electron chi connectivity index (χ1n) is 11.1. The molecule has 2 saturated heterocycles. The minimum Gasteiger partial charge on any atom is -0.379 e. The smallest absolute Gasteiger partial charge is 0.193 e. The number of guanidine groups is 1. The van der Waals surface area contributed by atoms with Gasteiger partial charge in [0, 0.05) is 46.3 Å². The zero-order valence-electron chi connectivity index (χ0n) is 17.5. The molecule has 0 bridgehead atoms. The Labute approximate surface area is 170 Å². The van der Waals surface area contributed by atoms with Crippen LogP contribution in [0.1, 0.15) is 49.7 Å². The molecule has 1 saturated carbocycles. The Balaban J connectivity index is 1.35. The van der Waals surface area contributed by atoms with Crippen molar-refractivity contribution in [3.63, 3.8) is 0 Å². The van der Waals surface area contributed by atoms with E-state index in [9.17, 15) is 0 Å². The molecule has 5 heteroatoms. The Morgan fingerprint density at radius 2 is 1.79 bits per heavy atom. The van der Waals surface area contributed by atoms with Crippen molar-refractivity contribution in [3.05, 3.63) is 35.4 Å². The van der Waals surface area contributed by atoms with Crippen LogP contribution in [0.3, 0.4) is 0 Å². The number of aliphatic imine (C=N–C) groups is 1. The Morgan fingerprint density at radius 3 is 2.54 bits per heavy atom. The summed E-state index contributed by atoms with van der Waals surface area (Å²) in [4.78, 5) is 9.60. The van der Waals surface area contributed by atoms with Gasteiger partial charge < -0.3 is 15.0 Å². The third-order valence-corrected chi connectivity index (χ3v) is 6.92. The molecule has 0 atom stereocenters. The van der Waals surface area contributed by atoms with E-state index >= 15 is 0 Å². The number of likely N-dealkylation sites (tertiary alicyclic amines) is 1. The van der Waals surface area contributed by atoms with Crippen molar-refractivity contribution < 1.29 is 4.74 Å². The van der Waals surface area contributed by atoms with E-state index in [4.69, 9.17) is 4.74 Å². The van der Waals surface area contributed by atoms with Crippen LogP contribution < -0.4 is 5.32 Å². The summed E-state index contributed by atoms with van der Waals surface area (Å²) in [5.41, 5.74) is 3.35. The first-order chi connectivity index (χ1) is 13.8. The normalized spacial score (nSPS) is 23.3. The standard InChI is InChI=1S/C23H36N4O/c1-24-22(27-12-11-23(19-27)9-5-2-6-10-23)25-17-20-7-3-4-8-21(20)18-26-13-15-28-16-14-26/h3-4,7-8H,2,5-6,9-19H2,1H3,(H,24,25). The highest BCUT2D eigenvalue weighted by atomic mass is 16.5. The van der Waals surface area contributed by atoms with E-state index in [1.165, 1.54) is 56.2 Å². The molecule has 1 aromatic carbocycles. The average Bonchev–Trinajstić information content (AvgIpc) is 3.14. The van der Waals surface area contributed by atoms with Crippen molar-refractivity contribution >= 4 is 5.96 Å². The van der Waals surface area contributed by atoms with Crippen LogP contribution in [0.4, 0.5) is 0 Å². The zero-order valence-corrected chi connectivity index (χ0v) is 17.5. The van der Waals surface area contributed by atoms with Crippen LogP contribution in [0.5, 0.6) is 0 Å². The van der Waals surface area contributed by atoms with Crippen LogP contribution in [0.25, 0.3) is 0 Å². The molecule has 0 aromatic heterocycles. The highest BCUT2D eigenvalue weighted by Crippen LogP contribution is 2.43. The van der Waals surface area contributed by atoms with Gasteiger partial charge in [0.15, 0.2) is 5.96 Å². The van der Waals surface area contributed by atoms with E-state index < -0.39 is 0 Å². The van der Waals surface area contributed by atoms with E-state index in [0.717, 1.165) is 51.9 Å². The first kappa shape index (κ1) is 19.7. The molecular formula is C23H36N4O. The van der Waals surface area contributed by atoms with Crippen LogP contribution in [0, 0.1) is 5.41 Å². The largest absolute Gasteiger partial charge is 0.379 e. The minimum absolute atomic E-state index is 0.560. The Hall–Kier alpha value is -1.59. The topological polar surface area (TPSA) is 40.1 Å². The molecule has 0 amide bonds. The molecule has 3 fully saturated rings. The van der Waals surface area contributed by atoms with Gasteiger partial charge in [-0.2, -0.15) is 0 Å². The highest BCUT2D eigenvalue weighted by molar-refractivity contribution is 5.80. The maximum absolute atomic E-state index is 5.49. The van der Waals surface area contributed by atoms with Crippen LogP contribution in [-0.2, 0) is 17.8 Å². The zero-order chi connectivity index (χ0) is 19.2. The molecule has 0 radical (unpaired) electrons. The first-order valence-corrected chi connectivity index (χ1v) is 11.1. The molecule has 2 heterocycles.